The summed E-state index contributed by atoms with van der Waals surface area (Å²) in [6, 6.07) is 8.27. The zero-order valence-corrected chi connectivity index (χ0v) is 13.5. The predicted octanol–water partition coefficient (Wildman–Crippen LogP) is 2.98. The number of rotatable bonds is 4. The van der Waals surface area contributed by atoms with E-state index in [0.717, 1.165) is 22.2 Å². The fourth-order valence-corrected chi connectivity index (χ4v) is 2.55. The van der Waals surface area contributed by atoms with Crippen molar-refractivity contribution >= 4 is 21.8 Å². The van der Waals surface area contributed by atoms with Gasteiger partial charge in [-0.1, -0.05) is 31.2 Å². The second-order valence-electron chi connectivity index (χ2n) is 4.72. The van der Waals surface area contributed by atoms with Crippen molar-refractivity contribution in [2.24, 2.45) is 7.05 Å². The molecule has 0 atom stereocenters. The van der Waals surface area contributed by atoms with Gasteiger partial charge in [0, 0.05) is 13.6 Å². The van der Waals surface area contributed by atoms with E-state index in [9.17, 15) is 4.79 Å². The van der Waals surface area contributed by atoms with Gasteiger partial charge in [-0.3, -0.25) is 9.48 Å². The Bertz CT molecular complexity index is 617. The topological polar surface area (TPSA) is 46.9 Å². The minimum atomic E-state index is -0.125. The van der Waals surface area contributed by atoms with Gasteiger partial charge in [-0.15, -0.1) is 0 Å². The molecule has 0 radical (unpaired) electrons. The summed E-state index contributed by atoms with van der Waals surface area (Å²) in [4.78, 5) is 12.2. The number of benzene rings is 1. The van der Waals surface area contributed by atoms with Crippen LogP contribution in [0.4, 0.5) is 0 Å². The molecule has 2 aromatic rings. The van der Waals surface area contributed by atoms with Crippen LogP contribution in [-0.4, -0.2) is 15.7 Å². The molecule has 0 spiro atoms. The Kier molecular flexibility index (Phi) is 4.60. The van der Waals surface area contributed by atoms with Gasteiger partial charge in [0.15, 0.2) is 0 Å². The Balaban J connectivity index is 2.04. The molecule has 0 saturated carbocycles. The summed E-state index contributed by atoms with van der Waals surface area (Å²) in [5.74, 6) is -0.125. The van der Waals surface area contributed by atoms with Gasteiger partial charge in [-0.25, -0.2) is 0 Å². The largest absolute Gasteiger partial charge is 0.347 e. The van der Waals surface area contributed by atoms with Crippen molar-refractivity contribution in [2.75, 3.05) is 0 Å². The van der Waals surface area contributed by atoms with E-state index in [1.54, 1.807) is 11.7 Å². The lowest BCUT2D eigenvalue weighted by Gasteiger charge is -2.07. The summed E-state index contributed by atoms with van der Waals surface area (Å²) < 4.78 is 2.34. The van der Waals surface area contributed by atoms with E-state index in [1.807, 2.05) is 19.1 Å². The van der Waals surface area contributed by atoms with Gasteiger partial charge in [0.1, 0.15) is 5.69 Å². The molecule has 0 fully saturated rings. The normalized spacial score (nSPS) is 10.6. The molecule has 1 aromatic carbocycles. The first-order valence-electron chi connectivity index (χ1n) is 6.58. The van der Waals surface area contributed by atoms with Crippen molar-refractivity contribution in [3.8, 4) is 0 Å². The molecule has 0 unspecified atom stereocenters. The molecule has 0 aliphatic rings. The van der Waals surface area contributed by atoms with Crippen molar-refractivity contribution in [3.05, 3.63) is 51.3 Å². The zero-order valence-electron chi connectivity index (χ0n) is 11.9. The molecule has 1 N–H and O–H groups in total. The van der Waals surface area contributed by atoms with E-state index in [-0.39, 0.29) is 5.91 Å². The number of amides is 1. The number of nitrogens with zero attached hydrogens (tertiary/aromatic N) is 2. The smallest absolute Gasteiger partial charge is 0.270 e. The lowest BCUT2D eigenvalue weighted by atomic mass is 10.1. The highest BCUT2D eigenvalue weighted by Crippen LogP contribution is 2.20. The first-order chi connectivity index (χ1) is 9.52. The summed E-state index contributed by atoms with van der Waals surface area (Å²) in [6.07, 6.45) is 1.02. The van der Waals surface area contributed by atoms with Crippen molar-refractivity contribution < 1.29 is 4.79 Å². The van der Waals surface area contributed by atoms with Gasteiger partial charge in [0.05, 0.1) is 10.2 Å². The molecular weight excluding hydrogens is 318 g/mol. The number of hydrogen-bond donors (Lipinski definition) is 1. The standard InChI is InChI=1S/C15H18BrN3O/c1-4-11-5-7-12(8-6-11)9-17-15(20)14-13(16)10(2)18-19(14)3/h5-8H,4,9H2,1-3H3,(H,17,20). The molecule has 20 heavy (non-hydrogen) atoms. The monoisotopic (exact) mass is 335 g/mol. The third-order valence-electron chi connectivity index (χ3n) is 3.25. The van der Waals surface area contributed by atoms with E-state index >= 15 is 0 Å². The Hall–Kier alpha value is -1.62. The average molecular weight is 336 g/mol. The molecule has 2 rings (SSSR count). The van der Waals surface area contributed by atoms with Crippen LogP contribution in [-0.2, 0) is 20.0 Å². The third kappa shape index (κ3) is 3.10. The molecular formula is C15H18BrN3O. The number of nitrogens with one attached hydrogen (secondary N) is 1. The van der Waals surface area contributed by atoms with Crippen molar-refractivity contribution in [1.82, 2.24) is 15.1 Å². The highest BCUT2D eigenvalue weighted by molar-refractivity contribution is 9.10. The fourth-order valence-electron chi connectivity index (χ4n) is 2.04. The minimum absolute atomic E-state index is 0.125. The van der Waals surface area contributed by atoms with Crippen LogP contribution >= 0.6 is 15.9 Å². The number of halogens is 1. The third-order valence-corrected chi connectivity index (χ3v) is 4.20. The second-order valence-corrected chi connectivity index (χ2v) is 5.52. The number of aryl methyl sites for hydroxylation is 3. The van der Waals surface area contributed by atoms with Crippen molar-refractivity contribution in [3.63, 3.8) is 0 Å². The van der Waals surface area contributed by atoms with Crippen LogP contribution in [0.5, 0.6) is 0 Å². The zero-order chi connectivity index (χ0) is 14.7. The van der Waals surface area contributed by atoms with E-state index < -0.39 is 0 Å². The van der Waals surface area contributed by atoms with Crippen LogP contribution in [0.1, 0.15) is 34.2 Å². The van der Waals surface area contributed by atoms with E-state index in [4.69, 9.17) is 0 Å². The summed E-state index contributed by atoms with van der Waals surface area (Å²) in [6.45, 7) is 4.50. The summed E-state index contributed by atoms with van der Waals surface area (Å²) in [7, 11) is 1.77. The maximum Gasteiger partial charge on any atom is 0.270 e. The molecule has 106 valence electrons. The predicted molar refractivity (Wildman–Crippen MR) is 82.6 cm³/mol. The number of aromatic nitrogens is 2. The molecule has 1 amide bonds. The Morgan fingerprint density at radius 1 is 1.30 bits per heavy atom. The second kappa shape index (κ2) is 6.22. The molecule has 0 aliphatic carbocycles. The molecule has 5 heteroatoms. The molecule has 4 nitrogen and oxygen atoms in total. The molecule has 0 bridgehead atoms. The maximum atomic E-state index is 12.2. The van der Waals surface area contributed by atoms with Crippen LogP contribution in [0.15, 0.2) is 28.7 Å². The lowest BCUT2D eigenvalue weighted by molar-refractivity contribution is 0.0940. The fraction of sp³-hybridized carbons (Fsp3) is 0.333. The van der Waals surface area contributed by atoms with Gasteiger partial charge in [0.25, 0.3) is 5.91 Å². The number of carbonyl (C=O) groups excluding carboxylic acids is 1. The van der Waals surface area contributed by atoms with E-state index in [1.165, 1.54) is 5.56 Å². The Morgan fingerprint density at radius 3 is 2.40 bits per heavy atom. The van der Waals surface area contributed by atoms with Gasteiger partial charge in [-0.2, -0.15) is 5.10 Å². The Labute approximate surface area is 127 Å². The van der Waals surface area contributed by atoms with Gasteiger partial charge < -0.3 is 5.32 Å². The molecule has 0 saturated heterocycles. The Morgan fingerprint density at radius 2 is 1.90 bits per heavy atom. The summed E-state index contributed by atoms with van der Waals surface area (Å²) in [5.41, 5.74) is 3.74. The first kappa shape index (κ1) is 14.8. The van der Waals surface area contributed by atoms with Crippen molar-refractivity contribution in [1.29, 1.82) is 0 Å². The van der Waals surface area contributed by atoms with Crippen LogP contribution in [0.25, 0.3) is 0 Å². The van der Waals surface area contributed by atoms with Gasteiger partial charge in [-0.05, 0) is 40.4 Å². The van der Waals surface area contributed by atoms with Gasteiger partial charge in [0.2, 0.25) is 0 Å². The quantitative estimate of drug-likeness (QED) is 0.933. The highest BCUT2D eigenvalue weighted by atomic mass is 79.9. The van der Waals surface area contributed by atoms with Crippen LogP contribution < -0.4 is 5.32 Å². The molecule has 1 heterocycles. The van der Waals surface area contributed by atoms with Gasteiger partial charge >= 0.3 is 0 Å². The average Bonchev–Trinajstić information content (AvgIpc) is 2.70. The van der Waals surface area contributed by atoms with Crippen LogP contribution in [0, 0.1) is 6.92 Å². The summed E-state index contributed by atoms with van der Waals surface area (Å²) >= 11 is 3.40. The molecule has 0 aliphatic heterocycles. The van der Waals surface area contributed by atoms with Crippen molar-refractivity contribution in [2.45, 2.75) is 26.8 Å². The van der Waals surface area contributed by atoms with E-state index in [0.29, 0.717) is 12.2 Å². The van der Waals surface area contributed by atoms with Crippen LogP contribution in [0.3, 0.4) is 0 Å². The van der Waals surface area contributed by atoms with Crippen LogP contribution in [0.2, 0.25) is 0 Å². The first-order valence-corrected chi connectivity index (χ1v) is 7.37. The minimum Gasteiger partial charge on any atom is -0.347 e. The highest BCUT2D eigenvalue weighted by Gasteiger charge is 2.17. The SMILES string of the molecule is CCc1ccc(CNC(=O)c2c(Br)c(C)nn2C)cc1. The molecule has 1 aromatic heterocycles. The lowest BCUT2D eigenvalue weighted by Crippen LogP contribution is -2.25. The summed E-state index contributed by atoms with van der Waals surface area (Å²) in [5, 5.41) is 7.14. The number of hydrogen-bond acceptors (Lipinski definition) is 2. The number of carbonyl (C=O) groups is 1. The maximum absolute atomic E-state index is 12.2. The van der Waals surface area contributed by atoms with E-state index in [2.05, 4.69) is 45.4 Å².